The third-order valence-electron chi connectivity index (χ3n) is 20.3. The molecule has 9 nitrogen and oxygen atoms in total. The quantitative estimate of drug-likeness (QED) is 0.0195. The number of carbonyl (C=O) groups excluding carboxylic acids is 3. The summed E-state index contributed by atoms with van der Waals surface area (Å²) in [6, 6.07) is 0. The summed E-state index contributed by atoms with van der Waals surface area (Å²) < 4.78 is 22.9. The Bertz CT molecular complexity index is 1790. The van der Waals surface area contributed by atoms with Crippen molar-refractivity contribution in [3.63, 3.8) is 0 Å². The van der Waals surface area contributed by atoms with Crippen LogP contribution in [0.5, 0.6) is 0 Å². The zero-order valence-electron chi connectivity index (χ0n) is 67.6. The van der Waals surface area contributed by atoms with E-state index >= 15 is 0 Å². The molecule has 2 atom stereocenters. The van der Waals surface area contributed by atoms with Gasteiger partial charge in [-0.25, -0.2) is 0 Å². The standard InChI is InChI=1S/C91H171NO8/c1-6-8-10-12-14-16-18-20-22-24-26-28-30-32-34-36-38-40-42-44-46-47-49-51-53-55-57-59-61-63-65-67-69-71-73-75-77-79-81-88(93)98-85-87(86-99-91(90(95)96)97-84-83-92(3,4)5)100-89(94)82-80-78-76-74-72-70-68-66-64-62-60-58-56-54-52-50-48-45-43-41-39-37-35-33-31-29-27-25-23-21-19-17-15-13-11-9-7-2/h9,11,15,17,21,23,27,29,87,91H,6-8,10,12-14,16,18-20,22,24-26,28,30-86H2,1-5H3/b11-9-,17-15-,23-21-,29-27-. The van der Waals surface area contributed by atoms with Gasteiger partial charge in [-0.1, -0.05) is 441 Å². The van der Waals surface area contributed by atoms with Crippen molar-refractivity contribution in [2.24, 2.45) is 0 Å². The van der Waals surface area contributed by atoms with Crippen molar-refractivity contribution in [3.8, 4) is 0 Å². The van der Waals surface area contributed by atoms with E-state index in [1.165, 1.54) is 366 Å². The van der Waals surface area contributed by atoms with E-state index in [2.05, 4.69) is 62.5 Å². The molecule has 0 N–H and O–H groups in total. The van der Waals surface area contributed by atoms with Gasteiger partial charge in [0.15, 0.2) is 12.4 Å². The molecule has 100 heavy (non-hydrogen) atoms. The van der Waals surface area contributed by atoms with Gasteiger partial charge in [-0.2, -0.15) is 0 Å². The minimum atomic E-state index is -1.62. The molecule has 0 aromatic rings. The van der Waals surface area contributed by atoms with Gasteiger partial charge in [0, 0.05) is 12.8 Å². The second-order valence-electron chi connectivity index (χ2n) is 31.5. The van der Waals surface area contributed by atoms with Crippen molar-refractivity contribution in [2.75, 3.05) is 47.5 Å². The highest BCUT2D eigenvalue weighted by Crippen LogP contribution is 2.21. The average molecular weight is 1410 g/mol. The largest absolute Gasteiger partial charge is 0.545 e. The van der Waals surface area contributed by atoms with Gasteiger partial charge in [-0.3, -0.25) is 9.59 Å². The van der Waals surface area contributed by atoms with Crippen LogP contribution in [0.15, 0.2) is 48.6 Å². The van der Waals surface area contributed by atoms with E-state index in [1.54, 1.807) is 0 Å². The molecule has 0 aliphatic carbocycles. The van der Waals surface area contributed by atoms with E-state index in [1.807, 2.05) is 21.1 Å². The fourth-order valence-corrected chi connectivity index (χ4v) is 13.7. The van der Waals surface area contributed by atoms with Crippen LogP contribution in [-0.2, 0) is 33.3 Å². The molecule has 588 valence electrons. The Morgan fingerprint density at radius 2 is 0.570 bits per heavy atom. The van der Waals surface area contributed by atoms with Crippen molar-refractivity contribution in [2.45, 2.75) is 469 Å². The number of aliphatic carboxylic acids is 1. The predicted molar refractivity (Wildman–Crippen MR) is 431 cm³/mol. The first kappa shape index (κ1) is 97.2. The Kier molecular flexibility index (Phi) is 79.7. The van der Waals surface area contributed by atoms with E-state index in [0.717, 1.165) is 64.2 Å². The number of likely N-dealkylation sites (N-methyl/N-ethyl adjacent to an activating group) is 1. The zero-order valence-corrected chi connectivity index (χ0v) is 67.6. The minimum Gasteiger partial charge on any atom is -0.545 e. The molecule has 0 fully saturated rings. The Morgan fingerprint density at radius 1 is 0.310 bits per heavy atom. The summed E-state index contributed by atoms with van der Waals surface area (Å²) in [6.07, 6.45) is 106. The third-order valence-corrected chi connectivity index (χ3v) is 20.3. The Balaban J connectivity index is 3.90. The van der Waals surface area contributed by atoms with E-state index < -0.39 is 24.3 Å². The number of quaternary nitrogens is 1. The smallest absolute Gasteiger partial charge is 0.306 e. The van der Waals surface area contributed by atoms with Gasteiger partial charge in [-0.05, 0) is 51.4 Å². The number of carboxylic acids is 1. The lowest BCUT2D eigenvalue weighted by Crippen LogP contribution is -2.44. The van der Waals surface area contributed by atoms with Crippen molar-refractivity contribution < 1.29 is 42.9 Å². The van der Waals surface area contributed by atoms with Gasteiger partial charge < -0.3 is 33.3 Å². The number of esters is 2. The molecule has 2 unspecified atom stereocenters. The molecule has 0 aliphatic rings. The summed E-state index contributed by atoms with van der Waals surface area (Å²) in [4.78, 5) is 37.7. The summed E-state index contributed by atoms with van der Waals surface area (Å²) in [5, 5.41) is 11.9. The predicted octanol–water partition coefficient (Wildman–Crippen LogP) is 27.4. The number of ether oxygens (including phenoxy) is 4. The molecule has 0 radical (unpaired) electrons. The molecule has 0 aromatic heterocycles. The van der Waals surface area contributed by atoms with E-state index in [9.17, 15) is 19.5 Å². The number of hydrogen-bond acceptors (Lipinski definition) is 8. The number of hydrogen-bond donors (Lipinski definition) is 0. The molecule has 0 rings (SSSR count). The molecule has 9 heteroatoms. The number of nitrogens with zero attached hydrogens (tertiary/aromatic N) is 1. The van der Waals surface area contributed by atoms with Crippen molar-refractivity contribution in [1.82, 2.24) is 0 Å². The summed E-state index contributed by atoms with van der Waals surface area (Å²) in [6.45, 7) is 4.73. The second kappa shape index (κ2) is 81.9. The van der Waals surface area contributed by atoms with Crippen LogP contribution in [0, 0.1) is 0 Å². The van der Waals surface area contributed by atoms with Gasteiger partial charge in [-0.15, -0.1) is 0 Å². The van der Waals surface area contributed by atoms with Gasteiger partial charge in [0.05, 0.1) is 40.3 Å². The van der Waals surface area contributed by atoms with Crippen molar-refractivity contribution in [1.29, 1.82) is 0 Å². The third kappa shape index (κ3) is 82.5. The molecular formula is C91H171NO8. The Morgan fingerprint density at radius 3 is 0.850 bits per heavy atom. The number of unbranched alkanes of at least 4 members (excludes halogenated alkanes) is 61. The highest BCUT2D eigenvalue weighted by atomic mass is 16.7. The summed E-state index contributed by atoms with van der Waals surface area (Å²) in [7, 11) is 5.96. The molecule has 0 aromatic carbocycles. The van der Waals surface area contributed by atoms with Gasteiger partial charge >= 0.3 is 11.9 Å². The second-order valence-corrected chi connectivity index (χ2v) is 31.5. The van der Waals surface area contributed by atoms with Crippen molar-refractivity contribution >= 4 is 17.9 Å². The van der Waals surface area contributed by atoms with Crippen LogP contribution in [0.4, 0.5) is 0 Å². The van der Waals surface area contributed by atoms with Gasteiger partial charge in [0.25, 0.3) is 0 Å². The average Bonchev–Trinajstić information content (AvgIpc) is 1.14. The van der Waals surface area contributed by atoms with Gasteiger partial charge in [0.2, 0.25) is 0 Å². The van der Waals surface area contributed by atoms with Crippen LogP contribution in [0.3, 0.4) is 0 Å². The van der Waals surface area contributed by atoms with Crippen LogP contribution in [-0.4, -0.2) is 82.3 Å². The topological polar surface area (TPSA) is 111 Å². The number of carbonyl (C=O) groups is 3. The minimum absolute atomic E-state index is 0.151. The summed E-state index contributed by atoms with van der Waals surface area (Å²) >= 11 is 0. The van der Waals surface area contributed by atoms with Crippen LogP contribution in [0.25, 0.3) is 0 Å². The number of rotatable bonds is 84. The normalized spacial score (nSPS) is 12.8. The molecule has 0 aliphatic heterocycles. The molecular weight excluding hydrogens is 1230 g/mol. The molecule has 0 heterocycles. The lowest BCUT2D eigenvalue weighted by Gasteiger charge is -2.26. The molecule has 0 saturated heterocycles. The maximum Gasteiger partial charge on any atom is 0.306 e. The molecule has 0 bridgehead atoms. The number of allylic oxidation sites excluding steroid dienone is 8. The molecule has 0 amide bonds. The first-order chi connectivity index (χ1) is 49.1. The van der Waals surface area contributed by atoms with E-state index in [4.69, 9.17) is 18.9 Å². The van der Waals surface area contributed by atoms with Crippen molar-refractivity contribution in [3.05, 3.63) is 48.6 Å². The Labute approximate surface area is 623 Å². The SMILES string of the molecule is CC/C=C\C/C=C\C/C=C\C/C=C\CCCCCCCCCCCCCCCCCCCCCCCCCCC(=O)OC(COC(=O)CCCCCCCCCCCCCCCCCCCCCCCCCCCCCCCCCCCCCCCC)COC(OCC[N+](C)(C)C)C(=O)[O-]. The maximum absolute atomic E-state index is 13.0. The fourth-order valence-electron chi connectivity index (χ4n) is 13.7. The van der Waals surface area contributed by atoms with Crippen LogP contribution >= 0.6 is 0 Å². The van der Waals surface area contributed by atoms with E-state index in [-0.39, 0.29) is 32.2 Å². The fraction of sp³-hybridized carbons (Fsp3) is 0.879. The summed E-state index contributed by atoms with van der Waals surface area (Å²) in [5.41, 5.74) is 0. The first-order valence-electron chi connectivity index (χ1n) is 44.3. The van der Waals surface area contributed by atoms with E-state index in [0.29, 0.717) is 17.4 Å². The Hall–Kier alpha value is -2.75. The zero-order chi connectivity index (χ0) is 72.5. The van der Waals surface area contributed by atoms with Gasteiger partial charge in [0.1, 0.15) is 13.2 Å². The lowest BCUT2D eigenvalue weighted by molar-refractivity contribution is -0.870. The number of carboxylic acid groups (broad SMARTS) is 1. The molecule has 0 saturated carbocycles. The monoisotopic (exact) mass is 1410 g/mol. The lowest BCUT2D eigenvalue weighted by atomic mass is 10.0. The summed E-state index contributed by atoms with van der Waals surface area (Å²) in [5.74, 6) is -2.24. The van der Waals surface area contributed by atoms with Crippen LogP contribution in [0.2, 0.25) is 0 Å². The maximum atomic E-state index is 13.0. The molecule has 0 spiro atoms. The van der Waals surface area contributed by atoms with Crippen LogP contribution < -0.4 is 5.11 Å². The first-order valence-corrected chi connectivity index (χ1v) is 44.3. The van der Waals surface area contributed by atoms with Crippen LogP contribution in [0.1, 0.15) is 457 Å². The highest BCUT2D eigenvalue weighted by Gasteiger charge is 2.22. The highest BCUT2D eigenvalue weighted by molar-refractivity contribution is 5.70.